The van der Waals surface area contributed by atoms with E-state index in [9.17, 15) is 13.2 Å². The van der Waals surface area contributed by atoms with Crippen molar-refractivity contribution in [2.24, 2.45) is 0 Å². The second-order valence-corrected chi connectivity index (χ2v) is 8.03. The van der Waals surface area contributed by atoms with Gasteiger partial charge in [-0.1, -0.05) is 24.3 Å². The summed E-state index contributed by atoms with van der Waals surface area (Å²) in [6, 6.07) is 15.7. The predicted molar refractivity (Wildman–Crippen MR) is 104 cm³/mol. The van der Waals surface area contributed by atoms with Crippen LogP contribution in [0.25, 0.3) is 0 Å². The largest absolute Gasteiger partial charge is 0.373 e. The van der Waals surface area contributed by atoms with Crippen molar-refractivity contribution in [2.45, 2.75) is 24.8 Å². The van der Waals surface area contributed by atoms with E-state index in [1.54, 1.807) is 26.0 Å². The van der Waals surface area contributed by atoms with Crippen molar-refractivity contribution >= 4 is 21.6 Å². The molecular weight excluding hydrogens is 350 g/mol. The fourth-order valence-electron chi connectivity index (χ4n) is 2.43. The molecule has 2 aromatic rings. The Hall–Kier alpha value is -2.38. The summed E-state index contributed by atoms with van der Waals surface area (Å²) < 4.78 is 27.0. The molecule has 0 aliphatic heterocycles. The van der Waals surface area contributed by atoms with Crippen LogP contribution in [0, 0.1) is 0 Å². The third-order valence-corrected chi connectivity index (χ3v) is 5.38. The third kappa shape index (κ3) is 5.57. The summed E-state index contributed by atoms with van der Waals surface area (Å²) in [6.07, 6.45) is 0. The molecule has 0 radical (unpaired) electrons. The van der Waals surface area contributed by atoms with Gasteiger partial charge in [-0.25, -0.2) is 13.1 Å². The molecule has 2 rings (SSSR count). The molecule has 0 saturated carbocycles. The number of hydrogen-bond acceptors (Lipinski definition) is 4. The number of carbonyl (C=O) groups excluding carboxylic acids is 1. The molecule has 2 N–H and O–H groups in total. The Morgan fingerprint density at radius 3 is 2.42 bits per heavy atom. The summed E-state index contributed by atoms with van der Waals surface area (Å²) >= 11 is 0. The lowest BCUT2D eigenvalue weighted by molar-refractivity contribution is 0.0954. The van der Waals surface area contributed by atoms with E-state index >= 15 is 0 Å². The van der Waals surface area contributed by atoms with Crippen LogP contribution in [0.1, 0.15) is 24.2 Å². The van der Waals surface area contributed by atoms with Crippen LogP contribution in [-0.4, -0.2) is 40.5 Å². The quantitative estimate of drug-likeness (QED) is 0.742. The number of nitrogens with one attached hydrogen (secondary N) is 2. The lowest BCUT2D eigenvalue weighted by Gasteiger charge is -2.19. The number of sulfonamides is 1. The molecule has 0 atom stereocenters. The molecule has 140 valence electrons. The highest BCUT2D eigenvalue weighted by Crippen LogP contribution is 2.12. The Bertz CT molecular complexity index is 836. The van der Waals surface area contributed by atoms with Crippen LogP contribution in [0.4, 0.5) is 5.69 Å². The minimum atomic E-state index is -3.62. The van der Waals surface area contributed by atoms with Crippen molar-refractivity contribution in [2.75, 3.05) is 25.0 Å². The molecular formula is C19H25N3O3S. The maximum atomic E-state index is 12.3. The maximum absolute atomic E-state index is 12.3. The third-order valence-electron chi connectivity index (χ3n) is 3.73. The molecule has 26 heavy (non-hydrogen) atoms. The van der Waals surface area contributed by atoms with Crippen LogP contribution in [0.15, 0.2) is 59.5 Å². The highest BCUT2D eigenvalue weighted by Gasteiger charge is 2.17. The molecule has 0 aliphatic rings. The Morgan fingerprint density at radius 1 is 1.08 bits per heavy atom. The Balaban J connectivity index is 1.97. The van der Waals surface area contributed by atoms with Gasteiger partial charge < -0.3 is 10.2 Å². The van der Waals surface area contributed by atoms with Crippen LogP contribution in [0.2, 0.25) is 0 Å². The first-order valence-corrected chi connectivity index (χ1v) is 9.94. The molecule has 7 heteroatoms. The van der Waals surface area contributed by atoms with Crippen LogP contribution < -0.4 is 14.9 Å². The highest BCUT2D eigenvalue weighted by molar-refractivity contribution is 7.89. The molecule has 0 aliphatic carbocycles. The Labute approximate surface area is 155 Å². The molecule has 1 amide bonds. The van der Waals surface area contributed by atoms with E-state index in [1.807, 2.05) is 42.3 Å². The lowest BCUT2D eigenvalue weighted by atomic mass is 10.2. The zero-order valence-electron chi connectivity index (χ0n) is 15.3. The van der Waals surface area contributed by atoms with Gasteiger partial charge >= 0.3 is 0 Å². The number of para-hydroxylation sites is 1. The lowest BCUT2D eigenvalue weighted by Crippen LogP contribution is -2.33. The van der Waals surface area contributed by atoms with Crippen LogP contribution in [-0.2, 0) is 10.0 Å². The highest BCUT2D eigenvalue weighted by atomic mass is 32.2. The van der Waals surface area contributed by atoms with Crippen LogP contribution in [0.5, 0.6) is 0 Å². The number of hydrogen-bond donors (Lipinski definition) is 2. The first-order chi connectivity index (χ1) is 12.3. The van der Waals surface area contributed by atoms with E-state index in [0.29, 0.717) is 18.7 Å². The second kappa shape index (κ2) is 8.82. The van der Waals surface area contributed by atoms with Crippen LogP contribution >= 0.6 is 0 Å². The van der Waals surface area contributed by atoms with Crippen molar-refractivity contribution < 1.29 is 13.2 Å². The summed E-state index contributed by atoms with van der Waals surface area (Å²) in [5.74, 6) is -0.298. The minimum absolute atomic E-state index is 0.0836. The van der Waals surface area contributed by atoms with E-state index < -0.39 is 10.0 Å². The van der Waals surface area contributed by atoms with E-state index in [0.717, 1.165) is 5.69 Å². The number of likely N-dealkylation sites (N-methyl/N-ethyl adjacent to an activating group) is 1. The summed E-state index contributed by atoms with van der Waals surface area (Å²) in [5.41, 5.74) is 1.38. The zero-order chi connectivity index (χ0) is 19.2. The van der Waals surface area contributed by atoms with Gasteiger partial charge in [-0.05, 0) is 44.2 Å². The molecule has 2 aromatic carbocycles. The summed E-state index contributed by atoms with van der Waals surface area (Å²) in [4.78, 5) is 14.4. The molecule has 0 bridgehead atoms. The van der Waals surface area contributed by atoms with Crippen molar-refractivity contribution in [3.63, 3.8) is 0 Å². The van der Waals surface area contributed by atoms with Gasteiger partial charge in [0.05, 0.1) is 4.90 Å². The molecule has 0 unspecified atom stereocenters. The van der Waals surface area contributed by atoms with Gasteiger partial charge in [0, 0.05) is 37.4 Å². The number of nitrogens with zero attached hydrogens (tertiary/aromatic N) is 1. The fourth-order valence-corrected chi connectivity index (χ4v) is 3.73. The van der Waals surface area contributed by atoms with Crippen LogP contribution in [0.3, 0.4) is 0 Å². The first-order valence-electron chi connectivity index (χ1n) is 8.46. The van der Waals surface area contributed by atoms with Crippen molar-refractivity contribution in [3.05, 3.63) is 60.2 Å². The van der Waals surface area contributed by atoms with E-state index in [-0.39, 0.29) is 16.8 Å². The molecule has 0 spiro atoms. The van der Waals surface area contributed by atoms with Gasteiger partial charge in [0.15, 0.2) is 0 Å². The molecule has 0 saturated heterocycles. The number of anilines is 1. The average molecular weight is 375 g/mol. The Morgan fingerprint density at radius 2 is 1.77 bits per heavy atom. The Kier molecular flexibility index (Phi) is 6.76. The van der Waals surface area contributed by atoms with Gasteiger partial charge in [0.1, 0.15) is 0 Å². The summed E-state index contributed by atoms with van der Waals surface area (Å²) in [7, 11) is -1.67. The SMILES string of the molecule is CC(C)NS(=O)(=O)c1cccc(C(=O)NCCN(C)c2ccccc2)c1. The maximum Gasteiger partial charge on any atom is 0.251 e. The number of rotatable bonds is 8. The van der Waals surface area contributed by atoms with Gasteiger partial charge in [-0.3, -0.25) is 4.79 Å². The summed E-state index contributed by atoms with van der Waals surface area (Å²) in [5, 5.41) is 2.82. The standard InChI is InChI=1S/C19H25N3O3S/c1-15(2)21-26(24,25)18-11-7-8-16(14-18)19(23)20-12-13-22(3)17-9-5-4-6-10-17/h4-11,14-15,21H,12-13H2,1-3H3,(H,20,23). The van der Waals surface area contributed by atoms with Gasteiger partial charge in [-0.2, -0.15) is 0 Å². The monoisotopic (exact) mass is 375 g/mol. The molecule has 0 fully saturated rings. The fraction of sp³-hybridized carbons (Fsp3) is 0.316. The van der Waals surface area contributed by atoms with E-state index in [1.165, 1.54) is 12.1 Å². The van der Waals surface area contributed by atoms with Gasteiger partial charge in [0.2, 0.25) is 10.0 Å². The molecule has 6 nitrogen and oxygen atoms in total. The number of benzene rings is 2. The summed E-state index contributed by atoms with van der Waals surface area (Å²) in [6.45, 7) is 4.59. The van der Waals surface area contributed by atoms with Crippen molar-refractivity contribution in [3.8, 4) is 0 Å². The van der Waals surface area contributed by atoms with E-state index in [2.05, 4.69) is 10.0 Å². The normalized spacial score (nSPS) is 11.4. The zero-order valence-corrected chi connectivity index (χ0v) is 16.1. The van der Waals surface area contributed by atoms with E-state index in [4.69, 9.17) is 0 Å². The minimum Gasteiger partial charge on any atom is -0.373 e. The number of carbonyl (C=O) groups is 1. The molecule has 0 heterocycles. The predicted octanol–water partition coefficient (Wildman–Crippen LogP) is 2.24. The van der Waals surface area contributed by atoms with Gasteiger partial charge in [-0.15, -0.1) is 0 Å². The molecule has 0 aromatic heterocycles. The van der Waals surface area contributed by atoms with Gasteiger partial charge in [0.25, 0.3) is 5.91 Å². The second-order valence-electron chi connectivity index (χ2n) is 6.32. The first kappa shape index (κ1) is 19.9. The van der Waals surface area contributed by atoms with Crippen molar-refractivity contribution in [1.29, 1.82) is 0 Å². The average Bonchev–Trinajstić information content (AvgIpc) is 2.61. The number of amides is 1. The smallest absolute Gasteiger partial charge is 0.251 e. The van der Waals surface area contributed by atoms with Crippen molar-refractivity contribution in [1.82, 2.24) is 10.0 Å². The topological polar surface area (TPSA) is 78.5 Å².